The van der Waals surface area contributed by atoms with Gasteiger partial charge in [0.25, 0.3) is 10.0 Å². The number of hydrogen-bond donors (Lipinski definition) is 1. The molecule has 38 heavy (non-hydrogen) atoms. The van der Waals surface area contributed by atoms with E-state index in [4.69, 9.17) is 4.74 Å². The van der Waals surface area contributed by atoms with Gasteiger partial charge in [0.1, 0.15) is 0 Å². The first-order valence-electron chi connectivity index (χ1n) is 12.1. The van der Waals surface area contributed by atoms with Crippen molar-refractivity contribution in [3.05, 3.63) is 95.6 Å². The minimum atomic E-state index is -4.08. The Bertz CT molecular complexity index is 1850. The Hall–Kier alpha value is -4.61. The van der Waals surface area contributed by atoms with Gasteiger partial charge in [-0.05, 0) is 55.8 Å². The van der Waals surface area contributed by atoms with Crippen molar-refractivity contribution in [2.45, 2.75) is 18.7 Å². The first-order valence-corrected chi connectivity index (χ1v) is 13.5. The van der Waals surface area contributed by atoms with Crippen LogP contribution in [0.4, 0.5) is 5.69 Å². The monoisotopic (exact) mass is 523 g/mol. The Morgan fingerprint density at radius 1 is 1.00 bits per heavy atom. The molecule has 0 aliphatic carbocycles. The normalized spacial score (nSPS) is 11.4. The second kappa shape index (κ2) is 9.69. The molecule has 0 bridgehead atoms. The zero-order valence-electron chi connectivity index (χ0n) is 21.1. The highest BCUT2D eigenvalue weighted by molar-refractivity contribution is 7.92. The summed E-state index contributed by atoms with van der Waals surface area (Å²) in [4.78, 5) is 13.3. The molecule has 0 saturated heterocycles. The van der Waals surface area contributed by atoms with Crippen molar-refractivity contribution >= 4 is 43.5 Å². The number of esters is 1. The van der Waals surface area contributed by atoms with Crippen LogP contribution in [-0.2, 0) is 21.8 Å². The van der Waals surface area contributed by atoms with Crippen LogP contribution in [0.15, 0.2) is 83.8 Å². The summed E-state index contributed by atoms with van der Waals surface area (Å²) in [6.45, 7) is 3.70. The molecule has 0 aliphatic heterocycles. The number of para-hydroxylation sites is 1. The standard InChI is InChI=1S/C30H25N3O4S/c1-4-37-30(34)24-17-26-28(23-7-5-6-8-25(23)33(26)3)27(21-13-11-20(18-31)12-14-21)29(24)32-38(35,36)22-15-9-19(2)10-16-22/h5-17,32H,4H2,1-3H3. The van der Waals surface area contributed by atoms with E-state index in [1.807, 2.05) is 42.8 Å². The SMILES string of the molecule is CCOC(=O)c1cc2c(c(-c3ccc(C#N)cc3)c1NS(=O)(=O)c1ccc(C)cc1)c1ccccc1n2C. The van der Waals surface area contributed by atoms with Crippen molar-refractivity contribution in [2.24, 2.45) is 7.05 Å². The molecule has 5 aromatic rings. The summed E-state index contributed by atoms with van der Waals surface area (Å²) in [5, 5.41) is 11.0. The van der Waals surface area contributed by atoms with Crippen LogP contribution in [0.1, 0.15) is 28.4 Å². The molecule has 0 amide bonds. The summed E-state index contributed by atoms with van der Waals surface area (Å²) in [5.74, 6) is -0.642. The highest BCUT2D eigenvalue weighted by atomic mass is 32.2. The summed E-state index contributed by atoms with van der Waals surface area (Å²) in [5.41, 5.74) is 4.45. The van der Waals surface area contributed by atoms with Gasteiger partial charge in [-0.25, -0.2) is 13.2 Å². The number of benzene rings is 4. The van der Waals surface area contributed by atoms with Crippen LogP contribution >= 0.6 is 0 Å². The lowest BCUT2D eigenvalue weighted by molar-refractivity contribution is 0.0528. The van der Waals surface area contributed by atoms with E-state index in [2.05, 4.69) is 10.8 Å². The van der Waals surface area contributed by atoms with E-state index in [1.54, 1.807) is 49.4 Å². The lowest BCUT2D eigenvalue weighted by Gasteiger charge is -2.19. The molecule has 0 radical (unpaired) electrons. The number of fused-ring (bicyclic) bond motifs is 3. The Balaban J connectivity index is 1.90. The van der Waals surface area contributed by atoms with E-state index < -0.39 is 16.0 Å². The van der Waals surface area contributed by atoms with E-state index in [0.29, 0.717) is 16.7 Å². The van der Waals surface area contributed by atoms with Crippen molar-refractivity contribution in [3.63, 3.8) is 0 Å². The highest BCUT2D eigenvalue weighted by Crippen LogP contribution is 2.44. The van der Waals surface area contributed by atoms with Crippen molar-refractivity contribution in [3.8, 4) is 17.2 Å². The number of carbonyl (C=O) groups is 1. The Kier molecular flexibility index (Phi) is 6.39. The van der Waals surface area contributed by atoms with Crippen molar-refractivity contribution < 1.29 is 17.9 Å². The van der Waals surface area contributed by atoms with Gasteiger partial charge < -0.3 is 9.30 Å². The van der Waals surface area contributed by atoms with Crippen molar-refractivity contribution in [1.82, 2.24) is 4.57 Å². The zero-order valence-corrected chi connectivity index (χ0v) is 22.0. The number of aryl methyl sites for hydroxylation is 2. The largest absolute Gasteiger partial charge is 0.462 e. The van der Waals surface area contributed by atoms with Crippen molar-refractivity contribution in [2.75, 3.05) is 11.3 Å². The van der Waals surface area contributed by atoms with Gasteiger partial charge in [-0.15, -0.1) is 0 Å². The molecule has 1 heterocycles. The fourth-order valence-corrected chi connectivity index (χ4v) is 5.79. The van der Waals surface area contributed by atoms with Gasteiger partial charge in [-0.2, -0.15) is 5.26 Å². The number of anilines is 1. The van der Waals surface area contributed by atoms with Gasteiger partial charge in [0.05, 0.1) is 39.9 Å². The number of nitrogens with zero attached hydrogens (tertiary/aromatic N) is 2. The molecule has 0 fully saturated rings. The van der Waals surface area contributed by atoms with Crippen LogP contribution in [0.5, 0.6) is 0 Å². The molecule has 0 saturated carbocycles. The van der Waals surface area contributed by atoms with E-state index in [0.717, 1.165) is 27.4 Å². The fraction of sp³-hybridized carbons (Fsp3) is 0.133. The van der Waals surface area contributed by atoms with Crippen molar-refractivity contribution in [1.29, 1.82) is 5.26 Å². The topological polar surface area (TPSA) is 101 Å². The maximum atomic E-state index is 13.6. The molecule has 0 unspecified atom stereocenters. The zero-order chi connectivity index (χ0) is 27.0. The van der Waals surface area contributed by atoms with Gasteiger partial charge in [0.15, 0.2) is 0 Å². The van der Waals surface area contributed by atoms with Crippen LogP contribution in [0.3, 0.4) is 0 Å². The van der Waals surface area contributed by atoms with Crippen LogP contribution in [0, 0.1) is 18.3 Å². The van der Waals surface area contributed by atoms with Crippen LogP contribution in [0.25, 0.3) is 32.9 Å². The molecule has 7 nitrogen and oxygen atoms in total. The van der Waals surface area contributed by atoms with Gasteiger partial charge >= 0.3 is 5.97 Å². The molecular weight excluding hydrogens is 498 g/mol. The van der Waals surface area contributed by atoms with Crippen LogP contribution < -0.4 is 4.72 Å². The Morgan fingerprint density at radius 2 is 1.68 bits per heavy atom. The van der Waals surface area contributed by atoms with Gasteiger partial charge in [0.2, 0.25) is 0 Å². The molecule has 0 atom stereocenters. The Labute approximate surface area is 220 Å². The lowest BCUT2D eigenvalue weighted by Crippen LogP contribution is -2.18. The number of rotatable bonds is 6. The summed E-state index contributed by atoms with van der Waals surface area (Å²) in [6, 6.07) is 24.9. The van der Waals surface area contributed by atoms with Crippen LogP contribution in [-0.4, -0.2) is 25.6 Å². The molecule has 1 N–H and O–H groups in total. The smallest absolute Gasteiger partial charge is 0.340 e. The van der Waals surface area contributed by atoms with E-state index in [-0.39, 0.29) is 22.8 Å². The molecule has 0 spiro atoms. The number of hydrogen-bond acceptors (Lipinski definition) is 5. The van der Waals surface area contributed by atoms with E-state index in [9.17, 15) is 18.5 Å². The van der Waals surface area contributed by atoms with E-state index in [1.165, 1.54) is 12.1 Å². The number of sulfonamides is 1. The molecule has 0 aliphatic rings. The first-order chi connectivity index (χ1) is 18.2. The third-order valence-corrected chi connectivity index (χ3v) is 7.93. The fourth-order valence-electron chi connectivity index (χ4n) is 4.70. The molecule has 190 valence electrons. The average Bonchev–Trinajstić information content (AvgIpc) is 3.20. The third kappa shape index (κ3) is 4.27. The maximum absolute atomic E-state index is 13.6. The second-order valence-corrected chi connectivity index (χ2v) is 10.7. The van der Waals surface area contributed by atoms with Crippen LogP contribution in [0.2, 0.25) is 0 Å². The quantitative estimate of drug-likeness (QED) is 0.269. The molecular formula is C30H25N3O4S. The predicted octanol–water partition coefficient (Wildman–Crippen LogP) is 6.16. The van der Waals surface area contributed by atoms with Gasteiger partial charge in [0, 0.05) is 28.9 Å². The number of carbonyl (C=O) groups excluding carboxylic acids is 1. The van der Waals surface area contributed by atoms with E-state index >= 15 is 0 Å². The minimum absolute atomic E-state index is 0.0710. The Morgan fingerprint density at radius 3 is 2.34 bits per heavy atom. The number of nitriles is 1. The average molecular weight is 524 g/mol. The second-order valence-electron chi connectivity index (χ2n) is 8.97. The predicted molar refractivity (Wildman–Crippen MR) is 149 cm³/mol. The summed E-state index contributed by atoms with van der Waals surface area (Å²) >= 11 is 0. The third-order valence-electron chi connectivity index (χ3n) is 6.57. The highest BCUT2D eigenvalue weighted by Gasteiger charge is 2.27. The molecule has 1 aromatic heterocycles. The summed E-state index contributed by atoms with van der Waals surface area (Å²) in [6.07, 6.45) is 0. The molecule has 8 heteroatoms. The summed E-state index contributed by atoms with van der Waals surface area (Å²) < 4.78 is 37.3. The van der Waals surface area contributed by atoms with Gasteiger partial charge in [-0.3, -0.25) is 4.72 Å². The minimum Gasteiger partial charge on any atom is -0.462 e. The molecule has 5 rings (SSSR count). The number of aromatic nitrogens is 1. The molecule has 4 aromatic carbocycles. The summed E-state index contributed by atoms with van der Waals surface area (Å²) in [7, 11) is -2.18. The number of ether oxygens (including phenoxy) is 1. The first kappa shape index (κ1) is 25.1. The number of nitrogens with one attached hydrogen (secondary N) is 1. The lowest BCUT2D eigenvalue weighted by atomic mass is 9.94. The maximum Gasteiger partial charge on any atom is 0.340 e. The van der Waals surface area contributed by atoms with Gasteiger partial charge in [-0.1, -0.05) is 48.0 Å².